The Morgan fingerprint density at radius 1 is 1.38 bits per heavy atom. The van der Waals surface area contributed by atoms with Gasteiger partial charge in [-0.05, 0) is 45.4 Å². The predicted molar refractivity (Wildman–Crippen MR) is 119 cm³/mol. The van der Waals surface area contributed by atoms with E-state index < -0.39 is 0 Å². The number of halogens is 1. The highest BCUT2D eigenvalue weighted by molar-refractivity contribution is 14.0. The molecule has 2 fully saturated rings. The second kappa shape index (κ2) is 12.4. The molecule has 1 saturated carbocycles. The smallest absolute Gasteiger partial charge is 0.191 e. The third-order valence-corrected chi connectivity index (χ3v) is 5.72. The number of nitrogens with one attached hydrogen (secondary N) is 2. The molecular formula is C19H39IN4O2. The lowest BCUT2D eigenvalue weighted by Crippen LogP contribution is -2.53. The lowest BCUT2D eigenvalue weighted by atomic mass is 9.67. The van der Waals surface area contributed by atoms with Crippen LogP contribution < -0.4 is 10.6 Å². The minimum Gasteiger partial charge on any atom is -0.385 e. The van der Waals surface area contributed by atoms with E-state index in [1.807, 2.05) is 0 Å². The van der Waals surface area contributed by atoms with Gasteiger partial charge < -0.3 is 20.1 Å². The first kappa shape index (κ1) is 23.9. The summed E-state index contributed by atoms with van der Waals surface area (Å²) in [7, 11) is 1.79. The van der Waals surface area contributed by atoms with Crippen LogP contribution >= 0.6 is 24.0 Å². The maximum atomic E-state index is 5.54. The van der Waals surface area contributed by atoms with Gasteiger partial charge in [0.05, 0.1) is 13.2 Å². The largest absolute Gasteiger partial charge is 0.385 e. The monoisotopic (exact) mass is 482 g/mol. The molecule has 0 bridgehead atoms. The molecule has 0 aromatic heterocycles. The molecule has 0 spiro atoms. The average molecular weight is 482 g/mol. The fraction of sp³-hybridized carbons (Fsp3) is 0.947. The summed E-state index contributed by atoms with van der Waals surface area (Å²) in [6.07, 6.45) is 5.01. The van der Waals surface area contributed by atoms with Crippen molar-refractivity contribution in [2.45, 2.75) is 58.5 Å². The Balaban J connectivity index is 0.00000338. The topological polar surface area (TPSA) is 58.1 Å². The van der Waals surface area contributed by atoms with E-state index in [0.717, 1.165) is 58.4 Å². The molecule has 2 unspecified atom stereocenters. The van der Waals surface area contributed by atoms with Crippen LogP contribution in [-0.2, 0) is 9.47 Å². The van der Waals surface area contributed by atoms with Crippen molar-refractivity contribution >= 4 is 29.9 Å². The number of aliphatic imine (C=N–C) groups is 1. The number of morpholine rings is 1. The Labute approximate surface area is 176 Å². The molecule has 0 radical (unpaired) electrons. The fourth-order valence-corrected chi connectivity index (χ4v) is 3.83. The van der Waals surface area contributed by atoms with Gasteiger partial charge in [-0.25, -0.2) is 0 Å². The molecule has 26 heavy (non-hydrogen) atoms. The van der Waals surface area contributed by atoms with Crippen molar-refractivity contribution in [1.82, 2.24) is 15.5 Å². The standard InChI is InChI=1S/C19H38N4O2.HI/c1-5-20-18(22-15-19(7-6-8-19)9-11-24-4)21-13-16(2)23-10-12-25-14-17(23)3;/h16-17H,5-15H2,1-4H3,(H2,20,21,22);1H. The van der Waals surface area contributed by atoms with E-state index in [1.165, 1.54) is 19.3 Å². The first-order valence-corrected chi connectivity index (χ1v) is 9.95. The quantitative estimate of drug-likeness (QED) is 0.301. The van der Waals surface area contributed by atoms with Gasteiger partial charge in [0, 0.05) is 52.0 Å². The SMILES string of the molecule is CCNC(=NCC1(CCOC)CCC1)NCC(C)N1CCOCC1C.I. The van der Waals surface area contributed by atoms with E-state index in [4.69, 9.17) is 14.5 Å². The van der Waals surface area contributed by atoms with Crippen molar-refractivity contribution < 1.29 is 9.47 Å². The van der Waals surface area contributed by atoms with Gasteiger partial charge in [0.25, 0.3) is 0 Å². The van der Waals surface area contributed by atoms with Crippen LogP contribution in [-0.4, -0.2) is 76.1 Å². The van der Waals surface area contributed by atoms with Gasteiger partial charge in [0.15, 0.2) is 5.96 Å². The normalized spacial score (nSPS) is 24.3. The number of ether oxygens (including phenoxy) is 2. The summed E-state index contributed by atoms with van der Waals surface area (Å²) >= 11 is 0. The van der Waals surface area contributed by atoms with Crippen molar-refractivity contribution in [3.05, 3.63) is 0 Å². The first-order valence-electron chi connectivity index (χ1n) is 9.95. The van der Waals surface area contributed by atoms with Gasteiger partial charge in [-0.1, -0.05) is 6.42 Å². The van der Waals surface area contributed by atoms with Crippen LogP contribution in [0.4, 0.5) is 0 Å². The number of rotatable bonds is 9. The van der Waals surface area contributed by atoms with Crippen LogP contribution in [0.5, 0.6) is 0 Å². The average Bonchev–Trinajstić information content (AvgIpc) is 2.58. The van der Waals surface area contributed by atoms with Crippen molar-refractivity contribution in [3.63, 3.8) is 0 Å². The molecular weight excluding hydrogens is 443 g/mol. The Bertz CT molecular complexity index is 418. The van der Waals surface area contributed by atoms with Crippen LogP contribution in [0.15, 0.2) is 4.99 Å². The maximum absolute atomic E-state index is 5.54. The van der Waals surface area contributed by atoms with Crippen LogP contribution in [0.25, 0.3) is 0 Å². The number of methoxy groups -OCH3 is 1. The van der Waals surface area contributed by atoms with Crippen molar-refractivity contribution in [2.24, 2.45) is 10.4 Å². The van der Waals surface area contributed by atoms with Crippen LogP contribution in [0.3, 0.4) is 0 Å². The van der Waals surface area contributed by atoms with Crippen molar-refractivity contribution in [1.29, 1.82) is 0 Å². The minimum atomic E-state index is 0. The molecule has 2 rings (SSSR count). The number of nitrogens with zero attached hydrogens (tertiary/aromatic N) is 2. The highest BCUT2D eigenvalue weighted by Crippen LogP contribution is 2.44. The third kappa shape index (κ3) is 7.13. The Morgan fingerprint density at radius 2 is 2.15 bits per heavy atom. The molecule has 0 aromatic rings. The van der Waals surface area contributed by atoms with Gasteiger partial charge in [-0.15, -0.1) is 24.0 Å². The molecule has 1 aliphatic heterocycles. The summed E-state index contributed by atoms with van der Waals surface area (Å²) in [5, 5.41) is 6.93. The molecule has 1 heterocycles. The zero-order valence-electron chi connectivity index (χ0n) is 17.1. The van der Waals surface area contributed by atoms with Crippen molar-refractivity contribution in [3.8, 4) is 0 Å². The van der Waals surface area contributed by atoms with E-state index >= 15 is 0 Å². The zero-order chi connectivity index (χ0) is 18.1. The van der Waals surface area contributed by atoms with Crippen LogP contribution in [0.2, 0.25) is 0 Å². The molecule has 7 heteroatoms. The van der Waals surface area contributed by atoms with Crippen LogP contribution in [0.1, 0.15) is 46.5 Å². The highest BCUT2D eigenvalue weighted by atomic mass is 127. The summed E-state index contributed by atoms with van der Waals surface area (Å²) in [6.45, 7) is 12.9. The predicted octanol–water partition coefficient (Wildman–Crippen LogP) is 2.48. The molecule has 0 aromatic carbocycles. The number of hydrogen-bond donors (Lipinski definition) is 2. The lowest BCUT2D eigenvalue weighted by molar-refractivity contribution is -0.0174. The molecule has 2 atom stereocenters. The van der Waals surface area contributed by atoms with Crippen molar-refractivity contribution in [2.75, 3.05) is 53.1 Å². The Kier molecular flexibility index (Phi) is 11.4. The molecule has 2 N–H and O–H groups in total. The first-order chi connectivity index (χ1) is 12.1. The second-order valence-electron chi connectivity index (χ2n) is 7.68. The molecule has 154 valence electrons. The molecule has 1 saturated heterocycles. The van der Waals surface area contributed by atoms with E-state index in [2.05, 4.69) is 36.3 Å². The van der Waals surface area contributed by atoms with E-state index in [-0.39, 0.29) is 24.0 Å². The second-order valence-corrected chi connectivity index (χ2v) is 7.68. The lowest BCUT2D eigenvalue weighted by Gasteiger charge is -2.41. The van der Waals surface area contributed by atoms with E-state index in [0.29, 0.717) is 17.5 Å². The van der Waals surface area contributed by atoms with Gasteiger partial charge in [0.2, 0.25) is 0 Å². The highest BCUT2D eigenvalue weighted by Gasteiger charge is 2.36. The molecule has 1 aliphatic carbocycles. The summed E-state index contributed by atoms with van der Waals surface area (Å²) < 4.78 is 10.8. The summed E-state index contributed by atoms with van der Waals surface area (Å²) in [6, 6.07) is 0.950. The molecule has 6 nitrogen and oxygen atoms in total. The van der Waals surface area contributed by atoms with Gasteiger partial charge in [-0.2, -0.15) is 0 Å². The van der Waals surface area contributed by atoms with E-state index in [9.17, 15) is 0 Å². The zero-order valence-corrected chi connectivity index (χ0v) is 19.4. The molecule has 2 aliphatic rings. The van der Waals surface area contributed by atoms with E-state index in [1.54, 1.807) is 7.11 Å². The number of hydrogen-bond acceptors (Lipinski definition) is 4. The van der Waals surface area contributed by atoms with Gasteiger partial charge in [0.1, 0.15) is 0 Å². The maximum Gasteiger partial charge on any atom is 0.191 e. The van der Waals surface area contributed by atoms with Gasteiger partial charge in [-0.3, -0.25) is 9.89 Å². The van der Waals surface area contributed by atoms with Crippen LogP contribution in [0, 0.1) is 5.41 Å². The number of guanidine groups is 1. The summed E-state index contributed by atoms with van der Waals surface area (Å²) in [5.74, 6) is 0.943. The fourth-order valence-electron chi connectivity index (χ4n) is 3.83. The Morgan fingerprint density at radius 3 is 2.73 bits per heavy atom. The minimum absolute atomic E-state index is 0. The third-order valence-electron chi connectivity index (χ3n) is 5.72. The van der Waals surface area contributed by atoms with Gasteiger partial charge >= 0.3 is 0 Å². The summed E-state index contributed by atoms with van der Waals surface area (Å²) in [4.78, 5) is 7.41. The summed E-state index contributed by atoms with van der Waals surface area (Å²) in [5.41, 5.74) is 0.364. The Hall–Kier alpha value is -0.120. The molecule has 0 amide bonds.